The molecule has 12 heteroatoms. The molecule has 5 rings (SSSR count). The van der Waals surface area contributed by atoms with Crippen LogP contribution < -0.4 is 20.4 Å². The zero-order valence-corrected chi connectivity index (χ0v) is 24.5. The number of hydrazone groups is 1. The number of aromatic nitrogens is 3. The first-order valence-corrected chi connectivity index (χ1v) is 14.4. The Morgan fingerprint density at radius 3 is 2.50 bits per heavy atom. The third-order valence-electron chi connectivity index (χ3n) is 7.32. The van der Waals surface area contributed by atoms with Crippen LogP contribution in [0.4, 0.5) is 18.9 Å². The predicted octanol–water partition coefficient (Wildman–Crippen LogP) is 5.41. The molecule has 1 aromatic heterocycles. The summed E-state index contributed by atoms with van der Waals surface area (Å²) in [6.07, 6.45) is 0.671. The Labute approximate surface area is 253 Å². The Hall–Kier alpha value is -4.71. The van der Waals surface area contributed by atoms with E-state index in [1.807, 2.05) is 56.3 Å². The first-order chi connectivity index (χ1) is 21.1. The van der Waals surface area contributed by atoms with E-state index in [0.29, 0.717) is 24.0 Å². The van der Waals surface area contributed by atoms with Crippen LogP contribution in [0, 0.1) is 19.8 Å². The minimum Gasteiger partial charge on any atom is -0.406 e. The number of ether oxygens (including phenoxy) is 1. The highest BCUT2D eigenvalue weighted by atomic mass is 19.4. The van der Waals surface area contributed by atoms with E-state index < -0.39 is 6.36 Å². The van der Waals surface area contributed by atoms with Gasteiger partial charge in [-0.25, -0.2) is 9.67 Å². The van der Waals surface area contributed by atoms with Gasteiger partial charge in [0.2, 0.25) is 5.91 Å². The van der Waals surface area contributed by atoms with E-state index in [-0.39, 0.29) is 18.2 Å². The summed E-state index contributed by atoms with van der Waals surface area (Å²) in [5.41, 5.74) is 5.03. The van der Waals surface area contributed by atoms with Crippen molar-refractivity contribution in [3.63, 3.8) is 0 Å². The van der Waals surface area contributed by atoms with Crippen LogP contribution in [-0.4, -0.2) is 59.4 Å². The van der Waals surface area contributed by atoms with E-state index in [1.54, 1.807) is 11.2 Å². The molecule has 0 saturated carbocycles. The number of hydrogen-bond acceptors (Lipinski definition) is 7. The molecular weight excluding hydrogens is 571 g/mol. The van der Waals surface area contributed by atoms with E-state index in [0.717, 1.165) is 53.9 Å². The maximum Gasteiger partial charge on any atom is 0.573 e. The van der Waals surface area contributed by atoms with Crippen LogP contribution in [0.1, 0.15) is 29.5 Å². The molecule has 9 nitrogen and oxygen atoms in total. The summed E-state index contributed by atoms with van der Waals surface area (Å²) in [4.78, 5) is 17.3. The molecule has 2 heterocycles. The van der Waals surface area contributed by atoms with Crippen LogP contribution in [0.5, 0.6) is 5.75 Å². The van der Waals surface area contributed by atoms with E-state index in [1.165, 1.54) is 35.3 Å². The Morgan fingerprint density at radius 2 is 1.84 bits per heavy atom. The number of hydrogen-bond donors (Lipinski definition) is 2. The number of benzene rings is 3. The van der Waals surface area contributed by atoms with Gasteiger partial charge in [0, 0.05) is 12.1 Å². The number of piperidine rings is 1. The molecule has 1 aliphatic rings. The summed E-state index contributed by atoms with van der Waals surface area (Å²) >= 11 is 0. The number of para-hydroxylation sites is 1. The van der Waals surface area contributed by atoms with E-state index in [4.69, 9.17) is 5.10 Å². The van der Waals surface area contributed by atoms with E-state index in [9.17, 15) is 18.0 Å². The van der Waals surface area contributed by atoms with Crippen molar-refractivity contribution in [1.29, 1.82) is 0 Å². The Bertz CT molecular complexity index is 1560. The van der Waals surface area contributed by atoms with Crippen LogP contribution in [-0.2, 0) is 4.79 Å². The average molecular weight is 606 g/mol. The fourth-order valence-corrected chi connectivity index (χ4v) is 5.11. The lowest BCUT2D eigenvalue weighted by Gasteiger charge is -2.25. The maximum absolute atomic E-state index is 13.0. The van der Waals surface area contributed by atoms with Crippen LogP contribution in [0.2, 0.25) is 0 Å². The van der Waals surface area contributed by atoms with Crippen molar-refractivity contribution in [2.75, 3.05) is 31.2 Å². The van der Waals surface area contributed by atoms with Gasteiger partial charge < -0.3 is 15.4 Å². The molecule has 0 radical (unpaired) electrons. The second kappa shape index (κ2) is 13.7. The number of aryl methyl sites for hydroxylation is 2. The third kappa shape index (κ3) is 8.22. The SMILES string of the molecule is Cc1cccc(C)c1N(CC(=O)NC[C@@H]1CCCNC1)/N=C/c1ccc(-c2ncn(-c3ccc(OC(F)(F)F)cc3)n2)cc1. The van der Waals surface area contributed by atoms with Crippen molar-refractivity contribution in [1.82, 2.24) is 25.4 Å². The summed E-state index contributed by atoms with van der Waals surface area (Å²) in [5.74, 6) is 0.483. The smallest absolute Gasteiger partial charge is 0.406 e. The number of nitrogens with one attached hydrogen (secondary N) is 2. The van der Waals surface area contributed by atoms with Crippen molar-refractivity contribution in [2.24, 2.45) is 11.0 Å². The van der Waals surface area contributed by atoms with Gasteiger partial charge in [-0.1, -0.05) is 42.5 Å². The van der Waals surface area contributed by atoms with Crippen molar-refractivity contribution < 1.29 is 22.7 Å². The van der Waals surface area contributed by atoms with Crippen LogP contribution in [0.25, 0.3) is 17.1 Å². The molecule has 1 amide bonds. The van der Waals surface area contributed by atoms with Gasteiger partial charge in [0.15, 0.2) is 5.82 Å². The molecule has 1 atom stereocenters. The number of amides is 1. The second-order valence-electron chi connectivity index (χ2n) is 10.7. The molecule has 1 fully saturated rings. The maximum atomic E-state index is 13.0. The molecule has 44 heavy (non-hydrogen) atoms. The normalized spacial score (nSPS) is 15.3. The lowest BCUT2D eigenvalue weighted by Crippen LogP contribution is -2.41. The molecule has 0 spiro atoms. The summed E-state index contributed by atoms with van der Waals surface area (Å²) < 4.78 is 42.7. The summed E-state index contributed by atoms with van der Waals surface area (Å²) in [6, 6.07) is 18.8. The standard InChI is InChI=1S/C32H34F3N7O2/c1-22-5-3-6-23(2)30(22)41(20-29(43)37-18-25-7-4-16-36-17-25)39-19-24-8-10-26(11-9-24)31-38-21-42(40-31)27-12-14-28(15-13-27)44-32(33,34)35/h3,5-6,8-15,19,21,25,36H,4,7,16-18,20H2,1-2H3,(H,37,43)/b39-19+/t25-/m1/s1. The monoisotopic (exact) mass is 605 g/mol. The van der Waals surface area contributed by atoms with Gasteiger partial charge in [0.1, 0.15) is 18.6 Å². The minimum atomic E-state index is -4.75. The van der Waals surface area contributed by atoms with Gasteiger partial charge in [-0.3, -0.25) is 9.80 Å². The van der Waals surface area contributed by atoms with Crippen LogP contribution in [0.3, 0.4) is 0 Å². The minimum absolute atomic E-state index is 0.0881. The molecular formula is C32H34F3N7O2. The number of halogens is 3. The van der Waals surface area contributed by atoms with Crippen LogP contribution in [0.15, 0.2) is 78.2 Å². The second-order valence-corrected chi connectivity index (χ2v) is 10.7. The highest BCUT2D eigenvalue weighted by Gasteiger charge is 2.31. The van der Waals surface area contributed by atoms with Crippen LogP contribution >= 0.6 is 0 Å². The Balaban J connectivity index is 1.27. The molecule has 1 aliphatic heterocycles. The number of carbonyl (C=O) groups is 1. The number of alkyl halides is 3. The number of nitrogens with zero attached hydrogens (tertiary/aromatic N) is 5. The highest BCUT2D eigenvalue weighted by molar-refractivity contribution is 5.85. The fraction of sp³-hybridized carbons (Fsp3) is 0.312. The Kier molecular flexibility index (Phi) is 9.59. The largest absolute Gasteiger partial charge is 0.573 e. The van der Waals surface area contributed by atoms with Gasteiger partial charge in [0.05, 0.1) is 17.6 Å². The first kappa shape index (κ1) is 30.7. The topological polar surface area (TPSA) is 96.7 Å². The van der Waals surface area contributed by atoms with Crippen molar-refractivity contribution in [3.05, 3.63) is 89.7 Å². The molecule has 0 bridgehead atoms. The van der Waals surface area contributed by atoms with Crippen molar-refractivity contribution >= 4 is 17.8 Å². The fourth-order valence-electron chi connectivity index (χ4n) is 5.11. The van der Waals surface area contributed by atoms with Crippen molar-refractivity contribution in [3.8, 4) is 22.8 Å². The number of anilines is 1. The first-order valence-electron chi connectivity index (χ1n) is 14.4. The molecule has 0 aliphatic carbocycles. The van der Waals surface area contributed by atoms with Gasteiger partial charge in [0.25, 0.3) is 0 Å². The molecule has 4 aromatic rings. The van der Waals surface area contributed by atoms with E-state index in [2.05, 4.69) is 25.5 Å². The molecule has 0 unspecified atom stereocenters. The molecule has 230 valence electrons. The summed E-state index contributed by atoms with van der Waals surface area (Å²) in [6.45, 7) is 6.68. The number of carbonyl (C=O) groups excluding carboxylic acids is 1. The molecule has 1 saturated heterocycles. The summed E-state index contributed by atoms with van der Waals surface area (Å²) in [7, 11) is 0. The molecule has 3 aromatic carbocycles. The zero-order valence-electron chi connectivity index (χ0n) is 24.5. The quantitative estimate of drug-likeness (QED) is 0.186. The highest BCUT2D eigenvalue weighted by Crippen LogP contribution is 2.26. The summed E-state index contributed by atoms with van der Waals surface area (Å²) in [5, 5.41) is 17.4. The van der Waals surface area contributed by atoms with Gasteiger partial charge >= 0.3 is 6.36 Å². The zero-order chi connectivity index (χ0) is 31.1. The Morgan fingerprint density at radius 1 is 1.11 bits per heavy atom. The third-order valence-corrected chi connectivity index (χ3v) is 7.32. The van der Waals surface area contributed by atoms with Gasteiger partial charge in [-0.05, 0) is 86.7 Å². The lowest BCUT2D eigenvalue weighted by atomic mass is 10.00. The molecule has 2 N–H and O–H groups in total. The van der Waals surface area contributed by atoms with Crippen molar-refractivity contribution in [2.45, 2.75) is 33.1 Å². The number of rotatable bonds is 10. The average Bonchev–Trinajstić information content (AvgIpc) is 3.49. The van der Waals surface area contributed by atoms with Gasteiger partial charge in [-0.15, -0.1) is 18.3 Å². The van der Waals surface area contributed by atoms with Gasteiger partial charge in [-0.2, -0.15) is 5.10 Å². The lowest BCUT2D eigenvalue weighted by molar-refractivity contribution is -0.274. The van der Waals surface area contributed by atoms with E-state index >= 15 is 0 Å². The predicted molar refractivity (Wildman–Crippen MR) is 163 cm³/mol.